The molecule has 2 nitrogen and oxygen atoms in total. The van der Waals surface area contributed by atoms with Crippen molar-refractivity contribution < 1.29 is 5.11 Å². The Bertz CT molecular complexity index is 325. The summed E-state index contributed by atoms with van der Waals surface area (Å²) in [6, 6.07) is 8.52. The van der Waals surface area contributed by atoms with Crippen molar-refractivity contribution >= 4 is 0 Å². The Morgan fingerprint density at radius 2 is 1.93 bits per heavy atom. The van der Waals surface area contributed by atoms with Crippen LogP contribution in [0.2, 0.25) is 0 Å². The van der Waals surface area contributed by atoms with Crippen LogP contribution in [0.1, 0.15) is 37.3 Å². The van der Waals surface area contributed by atoms with Crippen molar-refractivity contribution in [2.24, 2.45) is 5.73 Å². The first kappa shape index (κ1) is 10.7. The second kappa shape index (κ2) is 3.95. The molecule has 0 saturated heterocycles. The van der Waals surface area contributed by atoms with Gasteiger partial charge in [-0.15, -0.1) is 0 Å². The maximum Gasteiger partial charge on any atom is 0.0515 e. The molecule has 0 heterocycles. The summed E-state index contributed by atoms with van der Waals surface area (Å²) in [7, 11) is 0. The molecular weight excluding hydrogens is 186 g/mol. The highest BCUT2D eigenvalue weighted by atomic mass is 16.3. The zero-order valence-electron chi connectivity index (χ0n) is 9.24. The number of nitrogens with two attached hydrogens (primary N) is 1. The van der Waals surface area contributed by atoms with Gasteiger partial charge in [0.2, 0.25) is 0 Å². The van der Waals surface area contributed by atoms with E-state index in [1.807, 2.05) is 6.92 Å². The van der Waals surface area contributed by atoms with Gasteiger partial charge in [0.25, 0.3) is 0 Å². The molecule has 0 amide bonds. The SMILES string of the molecule is CC(O)CCc1ccc(C2(N)CC2)cc1. The summed E-state index contributed by atoms with van der Waals surface area (Å²) in [5, 5.41) is 9.19. The second-order valence-corrected chi connectivity index (χ2v) is 4.74. The van der Waals surface area contributed by atoms with Crippen LogP contribution in [-0.4, -0.2) is 11.2 Å². The molecule has 0 aromatic heterocycles. The smallest absolute Gasteiger partial charge is 0.0515 e. The van der Waals surface area contributed by atoms with E-state index in [4.69, 9.17) is 5.73 Å². The average Bonchev–Trinajstić information content (AvgIpc) is 2.96. The molecule has 2 rings (SSSR count). The Hall–Kier alpha value is -0.860. The van der Waals surface area contributed by atoms with Gasteiger partial charge in [-0.1, -0.05) is 24.3 Å². The van der Waals surface area contributed by atoms with Crippen molar-refractivity contribution in [1.82, 2.24) is 0 Å². The summed E-state index contributed by atoms with van der Waals surface area (Å²) < 4.78 is 0. The number of benzene rings is 1. The highest BCUT2D eigenvalue weighted by Gasteiger charge is 2.39. The lowest BCUT2D eigenvalue weighted by atomic mass is 10.0. The van der Waals surface area contributed by atoms with Crippen molar-refractivity contribution in [3.05, 3.63) is 35.4 Å². The normalized spacial score (nSPS) is 19.9. The van der Waals surface area contributed by atoms with Gasteiger partial charge >= 0.3 is 0 Å². The largest absolute Gasteiger partial charge is 0.393 e. The minimum Gasteiger partial charge on any atom is -0.393 e. The lowest BCUT2D eigenvalue weighted by molar-refractivity contribution is 0.185. The van der Waals surface area contributed by atoms with E-state index < -0.39 is 0 Å². The summed E-state index contributed by atoms with van der Waals surface area (Å²) in [4.78, 5) is 0. The Morgan fingerprint density at radius 1 is 1.33 bits per heavy atom. The number of aliphatic hydroxyl groups is 1. The molecule has 1 atom stereocenters. The minimum absolute atomic E-state index is 0.0250. The zero-order chi connectivity index (χ0) is 10.9. The lowest BCUT2D eigenvalue weighted by Crippen LogP contribution is -2.18. The molecule has 1 aromatic rings. The average molecular weight is 205 g/mol. The molecule has 0 radical (unpaired) electrons. The molecule has 1 aliphatic rings. The Labute approximate surface area is 91.1 Å². The van der Waals surface area contributed by atoms with E-state index in [-0.39, 0.29) is 11.6 Å². The maximum atomic E-state index is 9.19. The fourth-order valence-electron chi connectivity index (χ4n) is 1.80. The first-order chi connectivity index (χ1) is 7.10. The third-order valence-corrected chi connectivity index (χ3v) is 3.17. The number of rotatable bonds is 4. The molecule has 1 aliphatic carbocycles. The number of hydrogen-bond acceptors (Lipinski definition) is 2. The highest BCUT2D eigenvalue weighted by molar-refractivity contribution is 5.32. The monoisotopic (exact) mass is 205 g/mol. The predicted molar refractivity (Wildman–Crippen MR) is 61.5 cm³/mol. The quantitative estimate of drug-likeness (QED) is 0.789. The van der Waals surface area contributed by atoms with Gasteiger partial charge in [0.1, 0.15) is 0 Å². The molecule has 3 N–H and O–H groups in total. The summed E-state index contributed by atoms with van der Waals surface area (Å²) in [5.41, 5.74) is 8.61. The lowest BCUT2D eigenvalue weighted by Gasteiger charge is -2.10. The molecule has 0 spiro atoms. The molecule has 2 heteroatoms. The van der Waals surface area contributed by atoms with Gasteiger partial charge in [-0.05, 0) is 43.7 Å². The topological polar surface area (TPSA) is 46.2 Å². The van der Waals surface area contributed by atoms with Gasteiger partial charge in [-0.25, -0.2) is 0 Å². The number of hydrogen-bond donors (Lipinski definition) is 2. The van der Waals surface area contributed by atoms with Crippen molar-refractivity contribution in [2.75, 3.05) is 0 Å². The molecule has 15 heavy (non-hydrogen) atoms. The predicted octanol–water partition coefficient (Wildman–Crippen LogP) is 1.95. The van der Waals surface area contributed by atoms with E-state index in [0.29, 0.717) is 0 Å². The first-order valence-electron chi connectivity index (χ1n) is 5.66. The van der Waals surface area contributed by atoms with Crippen molar-refractivity contribution in [3.63, 3.8) is 0 Å². The molecule has 1 aromatic carbocycles. The van der Waals surface area contributed by atoms with Gasteiger partial charge < -0.3 is 10.8 Å². The third kappa shape index (κ3) is 2.58. The van der Waals surface area contributed by atoms with Gasteiger partial charge in [0.05, 0.1) is 6.10 Å². The van der Waals surface area contributed by atoms with Crippen molar-refractivity contribution in [1.29, 1.82) is 0 Å². The van der Waals surface area contributed by atoms with E-state index >= 15 is 0 Å². The molecule has 0 aliphatic heterocycles. The van der Waals surface area contributed by atoms with Gasteiger partial charge in [-0.2, -0.15) is 0 Å². The fraction of sp³-hybridized carbons (Fsp3) is 0.538. The van der Waals surface area contributed by atoms with Crippen LogP contribution < -0.4 is 5.73 Å². The summed E-state index contributed by atoms with van der Waals surface area (Å²) in [6.07, 6.45) is 3.77. The van der Waals surface area contributed by atoms with Crippen LogP contribution in [0.3, 0.4) is 0 Å². The van der Waals surface area contributed by atoms with Crippen LogP contribution in [0.15, 0.2) is 24.3 Å². The van der Waals surface area contributed by atoms with Crippen LogP contribution in [-0.2, 0) is 12.0 Å². The fourth-order valence-corrected chi connectivity index (χ4v) is 1.80. The van der Waals surface area contributed by atoms with Crippen LogP contribution in [0.4, 0.5) is 0 Å². The van der Waals surface area contributed by atoms with Gasteiger partial charge in [0, 0.05) is 5.54 Å². The van der Waals surface area contributed by atoms with Crippen molar-refractivity contribution in [3.8, 4) is 0 Å². The van der Waals surface area contributed by atoms with E-state index in [1.165, 1.54) is 11.1 Å². The Kier molecular flexibility index (Phi) is 2.81. The maximum absolute atomic E-state index is 9.19. The van der Waals surface area contributed by atoms with Crippen LogP contribution in [0, 0.1) is 0 Å². The Morgan fingerprint density at radius 3 is 2.40 bits per heavy atom. The second-order valence-electron chi connectivity index (χ2n) is 4.74. The minimum atomic E-state index is -0.214. The van der Waals surface area contributed by atoms with E-state index in [0.717, 1.165) is 25.7 Å². The number of aliphatic hydroxyl groups excluding tert-OH is 1. The summed E-state index contributed by atoms with van der Waals surface area (Å²) in [6.45, 7) is 1.83. The molecule has 82 valence electrons. The van der Waals surface area contributed by atoms with E-state index in [1.54, 1.807) is 0 Å². The van der Waals surface area contributed by atoms with Gasteiger partial charge in [0.15, 0.2) is 0 Å². The molecule has 0 bridgehead atoms. The standard InChI is InChI=1S/C13H19NO/c1-10(15)2-3-11-4-6-12(7-5-11)13(14)8-9-13/h4-7,10,15H,2-3,8-9,14H2,1H3. The summed E-state index contributed by atoms with van der Waals surface area (Å²) in [5.74, 6) is 0. The molecule has 1 unspecified atom stereocenters. The third-order valence-electron chi connectivity index (χ3n) is 3.17. The number of aryl methyl sites for hydroxylation is 1. The molecular formula is C13H19NO. The van der Waals surface area contributed by atoms with Crippen LogP contribution in [0.5, 0.6) is 0 Å². The van der Waals surface area contributed by atoms with Crippen molar-refractivity contribution in [2.45, 2.75) is 44.2 Å². The van der Waals surface area contributed by atoms with Crippen LogP contribution >= 0.6 is 0 Å². The van der Waals surface area contributed by atoms with E-state index in [2.05, 4.69) is 24.3 Å². The molecule has 1 saturated carbocycles. The first-order valence-corrected chi connectivity index (χ1v) is 5.66. The van der Waals surface area contributed by atoms with Gasteiger partial charge in [-0.3, -0.25) is 0 Å². The van der Waals surface area contributed by atoms with Crippen LogP contribution in [0.25, 0.3) is 0 Å². The van der Waals surface area contributed by atoms with E-state index in [9.17, 15) is 5.11 Å². The molecule has 1 fully saturated rings. The zero-order valence-corrected chi connectivity index (χ0v) is 9.24. The highest BCUT2D eigenvalue weighted by Crippen LogP contribution is 2.42. The summed E-state index contributed by atoms with van der Waals surface area (Å²) >= 11 is 0. The Balaban J connectivity index is 1.98.